The van der Waals surface area contributed by atoms with Crippen LogP contribution in [0.3, 0.4) is 0 Å². The second-order valence-electron chi connectivity index (χ2n) is 5.93. The van der Waals surface area contributed by atoms with Crippen molar-refractivity contribution in [2.75, 3.05) is 12.4 Å². The molecular formula is C23H19BrO3S. The number of hydrogen-bond acceptors (Lipinski definition) is 3. The summed E-state index contributed by atoms with van der Waals surface area (Å²) < 4.78 is 6.23. The van der Waals surface area contributed by atoms with Crippen molar-refractivity contribution in [1.82, 2.24) is 0 Å². The number of halogens is 1. The highest BCUT2D eigenvalue weighted by molar-refractivity contribution is 9.10. The molecule has 0 aromatic heterocycles. The summed E-state index contributed by atoms with van der Waals surface area (Å²) in [7, 11) is 0. The van der Waals surface area contributed by atoms with Crippen molar-refractivity contribution >= 4 is 39.2 Å². The lowest BCUT2D eigenvalue weighted by Gasteiger charge is -2.11. The van der Waals surface area contributed by atoms with E-state index in [4.69, 9.17) is 9.84 Å². The fraction of sp³-hybridized carbons (Fsp3) is 0.0870. The van der Waals surface area contributed by atoms with Crippen LogP contribution in [0.25, 0.3) is 5.57 Å². The monoisotopic (exact) mass is 454 g/mol. The van der Waals surface area contributed by atoms with Crippen LogP contribution in [0.2, 0.25) is 0 Å². The van der Waals surface area contributed by atoms with Gasteiger partial charge < -0.3 is 9.84 Å². The lowest BCUT2D eigenvalue weighted by Crippen LogP contribution is -2.09. The lowest BCUT2D eigenvalue weighted by molar-refractivity contribution is -0.139. The average Bonchev–Trinajstić information content (AvgIpc) is 2.72. The summed E-state index contributed by atoms with van der Waals surface area (Å²) >= 11 is 5.37. The van der Waals surface area contributed by atoms with E-state index < -0.39 is 5.97 Å². The Morgan fingerprint density at radius 1 is 0.964 bits per heavy atom. The lowest BCUT2D eigenvalue weighted by atomic mass is 9.98. The first kappa shape index (κ1) is 20.2. The number of aliphatic carboxylic acids is 1. The average molecular weight is 455 g/mol. The van der Waals surface area contributed by atoms with E-state index in [0.29, 0.717) is 5.75 Å². The first-order valence-electron chi connectivity index (χ1n) is 8.71. The molecule has 3 rings (SSSR count). The Bertz CT molecular complexity index is 953. The number of carboxylic acid groups (broad SMARTS) is 1. The third kappa shape index (κ3) is 5.75. The van der Waals surface area contributed by atoms with Gasteiger partial charge in [-0.2, -0.15) is 0 Å². The van der Waals surface area contributed by atoms with Gasteiger partial charge in [-0.3, -0.25) is 0 Å². The van der Waals surface area contributed by atoms with Crippen LogP contribution in [-0.2, 0) is 4.79 Å². The molecule has 0 radical (unpaired) electrons. The largest absolute Gasteiger partial charge is 0.482 e. The second kappa shape index (κ2) is 10.2. The van der Waals surface area contributed by atoms with Crippen LogP contribution in [-0.4, -0.2) is 23.4 Å². The zero-order valence-electron chi connectivity index (χ0n) is 15.0. The van der Waals surface area contributed by atoms with Crippen LogP contribution in [0, 0.1) is 0 Å². The standard InChI is InChI=1S/C23H19BrO3S/c24-22-9-5-4-8-21(22)20(17-6-2-1-3-7-17)14-15-28-19-12-10-18(11-13-19)27-16-23(25)26/h1-14H,15-16H2,(H,25,26). The summed E-state index contributed by atoms with van der Waals surface area (Å²) in [5, 5.41) is 8.67. The molecule has 0 fully saturated rings. The molecule has 0 spiro atoms. The quantitative estimate of drug-likeness (QED) is 0.415. The molecule has 0 aliphatic rings. The van der Waals surface area contributed by atoms with Crippen molar-refractivity contribution in [1.29, 1.82) is 0 Å². The van der Waals surface area contributed by atoms with Crippen molar-refractivity contribution in [3.63, 3.8) is 0 Å². The zero-order valence-corrected chi connectivity index (χ0v) is 17.4. The highest BCUT2D eigenvalue weighted by Gasteiger charge is 2.08. The van der Waals surface area contributed by atoms with Crippen molar-refractivity contribution < 1.29 is 14.6 Å². The van der Waals surface area contributed by atoms with Gasteiger partial charge >= 0.3 is 5.97 Å². The number of rotatable bonds is 8. The summed E-state index contributed by atoms with van der Waals surface area (Å²) in [4.78, 5) is 11.7. The van der Waals surface area contributed by atoms with Crippen molar-refractivity contribution in [3.05, 3.63) is 101 Å². The predicted octanol–water partition coefficient (Wildman–Crippen LogP) is 6.14. The maximum absolute atomic E-state index is 10.6. The number of carbonyl (C=O) groups is 1. The molecule has 0 amide bonds. The molecule has 0 heterocycles. The van der Waals surface area contributed by atoms with Gasteiger partial charge in [0.2, 0.25) is 0 Å². The fourth-order valence-electron chi connectivity index (χ4n) is 2.68. The van der Waals surface area contributed by atoms with Gasteiger partial charge in [0.15, 0.2) is 6.61 Å². The maximum Gasteiger partial charge on any atom is 0.341 e. The first-order chi connectivity index (χ1) is 13.6. The van der Waals surface area contributed by atoms with Gasteiger partial charge in [-0.15, -0.1) is 11.8 Å². The molecule has 3 aromatic carbocycles. The number of ether oxygens (including phenoxy) is 1. The van der Waals surface area contributed by atoms with E-state index in [1.165, 1.54) is 11.1 Å². The summed E-state index contributed by atoms with van der Waals surface area (Å²) in [6.45, 7) is -0.332. The summed E-state index contributed by atoms with van der Waals surface area (Å²) in [5.74, 6) is 0.380. The highest BCUT2D eigenvalue weighted by Crippen LogP contribution is 2.31. The number of thioether (sulfide) groups is 1. The Hall–Kier alpha value is -2.50. The molecule has 0 aliphatic heterocycles. The Labute approximate surface area is 177 Å². The Morgan fingerprint density at radius 3 is 2.32 bits per heavy atom. The van der Waals surface area contributed by atoms with Crippen molar-refractivity contribution in [2.45, 2.75) is 4.90 Å². The molecule has 3 nitrogen and oxygen atoms in total. The smallest absolute Gasteiger partial charge is 0.341 e. The minimum absolute atomic E-state index is 0.332. The van der Waals surface area contributed by atoms with Crippen LogP contribution in [0.4, 0.5) is 0 Å². The first-order valence-corrected chi connectivity index (χ1v) is 10.5. The molecule has 0 unspecified atom stereocenters. The predicted molar refractivity (Wildman–Crippen MR) is 118 cm³/mol. The third-order valence-corrected chi connectivity index (χ3v) is 5.60. The second-order valence-corrected chi connectivity index (χ2v) is 7.88. The fourth-order valence-corrected chi connectivity index (χ4v) is 3.95. The maximum atomic E-state index is 10.6. The normalized spacial score (nSPS) is 11.2. The van der Waals surface area contributed by atoms with Crippen LogP contribution < -0.4 is 4.74 Å². The van der Waals surface area contributed by atoms with E-state index in [0.717, 1.165) is 20.7 Å². The van der Waals surface area contributed by atoms with Gasteiger partial charge in [0, 0.05) is 15.1 Å². The number of carboxylic acids is 1. The molecule has 0 atom stereocenters. The molecule has 0 bridgehead atoms. The highest BCUT2D eigenvalue weighted by atomic mass is 79.9. The minimum atomic E-state index is -0.982. The van der Waals surface area contributed by atoms with E-state index >= 15 is 0 Å². The molecule has 28 heavy (non-hydrogen) atoms. The van der Waals surface area contributed by atoms with Crippen molar-refractivity contribution in [3.8, 4) is 5.75 Å². The molecule has 3 aromatic rings. The molecule has 0 aliphatic carbocycles. The van der Waals surface area contributed by atoms with Crippen LogP contribution >= 0.6 is 27.7 Å². The van der Waals surface area contributed by atoms with Gasteiger partial charge in [-0.05, 0) is 47.0 Å². The van der Waals surface area contributed by atoms with E-state index in [1.807, 2.05) is 42.5 Å². The van der Waals surface area contributed by atoms with E-state index in [1.54, 1.807) is 23.9 Å². The molecule has 1 N–H and O–H groups in total. The van der Waals surface area contributed by atoms with E-state index in [-0.39, 0.29) is 6.61 Å². The van der Waals surface area contributed by atoms with Gasteiger partial charge in [0.1, 0.15) is 5.75 Å². The Morgan fingerprint density at radius 2 is 1.64 bits per heavy atom. The van der Waals surface area contributed by atoms with E-state index in [2.05, 4.69) is 46.3 Å². The van der Waals surface area contributed by atoms with Gasteiger partial charge in [-0.25, -0.2) is 4.79 Å². The van der Waals surface area contributed by atoms with Gasteiger partial charge in [0.25, 0.3) is 0 Å². The molecular weight excluding hydrogens is 436 g/mol. The van der Waals surface area contributed by atoms with Gasteiger partial charge in [0.05, 0.1) is 0 Å². The minimum Gasteiger partial charge on any atom is -0.482 e. The number of hydrogen-bond donors (Lipinski definition) is 1. The Kier molecular flexibility index (Phi) is 7.34. The Balaban J connectivity index is 1.74. The topological polar surface area (TPSA) is 46.5 Å². The van der Waals surface area contributed by atoms with E-state index in [9.17, 15) is 4.79 Å². The van der Waals surface area contributed by atoms with Crippen molar-refractivity contribution in [2.24, 2.45) is 0 Å². The SMILES string of the molecule is O=C(O)COc1ccc(SCC=C(c2ccccc2)c2ccccc2Br)cc1. The summed E-state index contributed by atoms with van der Waals surface area (Å²) in [6.07, 6.45) is 2.23. The van der Waals surface area contributed by atoms with Crippen LogP contribution in [0.1, 0.15) is 11.1 Å². The molecule has 5 heteroatoms. The summed E-state index contributed by atoms with van der Waals surface area (Å²) in [6, 6.07) is 26.0. The molecule has 142 valence electrons. The number of benzene rings is 3. The molecule has 0 saturated heterocycles. The zero-order chi connectivity index (χ0) is 19.8. The van der Waals surface area contributed by atoms with Crippen LogP contribution in [0.5, 0.6) is 5.75 Å². The molecule has 0 saturated carbocycles. The van der Waals surface area contributed by atoms with Gasteiger partial charge in [-0.1, -0.05) is 70.5 Å². The van der Waals surface area contributed by atoms with Crippen LogP contribution in [0.15, 0.2) is 94.3 Å². The summed E-state index contributed by atoms with van der Waals surface area (Å²) in [5.41, 5.74) is 3.51. The third-order valence-electron chi connectivity index (χ3n) is 3.97.